The van der Waals surface area contributed by atoms with Gasteiger partial charge in [0.25, 0.3) is 0 Å². The maximum atomic E-state index is 6.25. The molecule has 0 amide bonds. The van der Waals surface area contributed by atoms with Crippen molar-refractivity contribution in [2.45, 2.75) is 18.9 Å². The molecule has 1 aromatic rings. The normalized spacial score (nSPS) is 20.8. The number of hydrogen-bond acceptors (Lipinski definition) is 3. The molecule has 3 rings (SSSR count). The molecule has 0 atom stereocenters. The minimum atomic E-state index is 0.824. The van der Waals surface area contributed by atoms with Crippen LogP contribution in [0.15, 0.2) is 24.3 Å². The monoisotopic (exact) mass is 279 g/mol. The molecule has 104 valence electrons. The van der Waals surface area contributed by atoms with Crippen molar-refractivity contribution in [1.82, 2.24) is 10.2 Å². The molecule has 3 nitrogen and oxygen atoms in total. The molecule has 1 saturated carbocycles. The van der Waals surface area contributed by atoms with Gasteiger partial charge < -0.3 is 10.2 Å². The molecule has 1 aliphatic heterocycles. The smallest absolute Gasteiger partial charge is 0.0639 e. The van der Waals surface area contributed by atoms with Crippen molar-refractivity contribution in [3.05, 3.63) is 29.3 Å². The molecule has 1 N–H and O–H groups in total. The number of nitrogens with one attached hydrogen (secondary N) is 1. The number of para-hydroxylation sites is 1. The van der Waals surface area contributed by atoms with Crippen LogP contribution in [0.25, 0.3) is 0 Å². The van der Waals surface area contributed by atoms with Crippen LogP contribution in [0.5, 0.6) is 0 Å². The molecule has 4 heteroatoms. The van der Waals surface area contributed by atoms with Gasteiger partial charge in [0.05, 0.1) is 10.7 Å². The lowest BCUT2D eigenvalue weighted by molar-refractivity contribution is 0.257. The van der Waals surface area contributed by atoms with Crippen LogP contribution in [0.1, 0.15) is 12.8 Å². The number of halogens is 1. The minimum absolute atomic E-state index is 0.824. The molecule has 1 heterocycles. The van der Waals surface area contributed by atoms with E-state index < -0.39 is 0 Å². The summed E-state index contributed by atoms with van der Waals surface area (Å²) >= 11 is 6.25. The molecule has 2 aliphatic rings. The van der Waals surface area contributed by atoms with Crippen LogP contribution < -0.4 is 10.2 Å². The SMILES string of the molecule is Clc1ccccc1N1CCN(CCNC2CC2)CC1. The molecule has 0 bridgehead atoms. The molecule has 1 aromatic carbocycles. The van der Waals surface area contributed by atoms with Crippen molar-refractivity contribution >= 4 is 17.3 Å². The van der Waals surface area contributed by atoms with E-state index in [4.69, 9.17) is 11.6 Å². The molecule has 0 unspecified atom stereocenters. The zero-order valence-electron chi connectivity index (χ0n) is 11.3. The van der Waals surface area contributed by atoms with Gasteiger partial charge in [-0.1, -0.05) is 23.7 Å². The van der Waals surface area contributed by atoms with Crippen molar-refractivity contribution in [3.63, 3.8) is 0 Å². The number of piperazine rings is 1. The second kappa shape index (κ2) is 6.12. The Hall–Kier alpha value is -0.770. The maximum absolute atomic E-state index is 6.25. The van der Waals surface area contributed by atoms with Crippen LogP contribution >= 0.6 is 11.6 Å². The van der Waals surface area contributed by atoms with Crippen molar-refractivity contribution in [1.29, 1.82) is 0 Å². The zero-order valence-corrected chi connectivity index (χ0v) is 12.1. The quantitative estimate of drug-likeness (QED) is 0.892. The molecule has 0 aromatic heterocycles. The van der Waals surface area contributed by atoms with E-state index in [1.807, 2.05) is 12.1 Å². The molecule has 1 aliphatic carbocycles. The molecule has 1 saturated heterocycles. The third-order valence-corrected chi connectivity index (χ3v) is 4.32. The second-order valence-electron chi connectivity index (χ2n) is 5.51. The first-order chi connectivity index (χ1) is 9.33. The van der Waals surface area contributed by atoms with Gasteiger partial charge in [-0.15, -0.1) is 0 Å². The van der Waals surface area contributed by atoms with E-state index in [1.165, 1.54) is 25.1 Å². The number of benzene rings is 1. The maximum Gasteiger partial charge on any atom is 0.0639 e. The van der Waals surface area contributed by atoms with Crippen LogP contribution in [0.3, 0.4) is 0 Å². The van der Waals surface area contributed by atoms with Gasteiger partial charge in [-0.3, -0.25) is 4.90 Å². The second-order valence-corrected chi connectivity index (χ2v) is 5.92. The van der Waals surface area contributed by atoms with E-state index in [1.54, 1.807) is 0 Å². The first-order valence-corrected chi connectivity index (χ1v) is 7.66. The average molecular weight is 280 g/mol. The number of rotatable bonds is 5. The van der Waals surface area contributed by atoms with Gasteiger partial charge in [0.15, 0.2) is 0 Å². The van der Waals surface area contributed by atoms with E-state index in [9.17, 15) is 0 Å². The summed E-state index contributed by atoms with van der Waals surface area (Å²) in [5.41, 5.74) is 1.18. The fourth-order valence-corrected chi connectivity index (χ4v) is 2.89. The number of hydrogen-bond donors (Lipinski definition) is 1. The van der Waals surface area contributed by atoms with Crippen LogP contribution in [0, 0.1) is 0 Å². The molecular formula is C15H22ClN3. The first kappa shape index (κ1) is 13.2. The van der Waals surface area contributed by atoms with E-state index in [0.29, 0.717) is 0 Å². The Labute approximate surface area is 120 Å². The summed E-state index contributed by atoms with van der Waals surface area (Å²) in [4.78, 5) is 4.94. The highest BCUT2D eigenvalue weighted by molar-refractivity contribution is 6.33. The Kier molecular flexibility index (Phi) is 4.26. The van der Waals surface area contributed by atoms with E-state index in [-0.39, 0.29) is 0 Å². The van der Waals surface area contributed by atoms with Gasteiger partial charge in [0.2, 0.25) is 0 Å². The van der Waals surface area contributed by atoms with Gasteiger partial charge in [-0.05, 0) is 25.0 Å². The highest BCUT2D eigenvalue weighted by Gasteiger charge is 2.21. The summed E-state index contributed by atoms with van der Waals surface area (Å²) in [5.74, 6) is 0. The zero-order chi connectivity index (χ0) is 13.1. The third-order valence-electron chi connectivity index (χ3n) is 4.00. The Balaban J connectivity index is 1.44. The predicted octanol–water partition coefficient (Wildman–Crippen LogP) is 2.21. The fourth-order valence-electron chi connectivity index (χ4n) is 2.63. The molecule has 0 radical (unpaired) electrons. The van der Waals surface area contributed by atoms with E-state index in [0.717, 1.165) is 43.8 Å². The predicted molar refractivity (Wildman–Crippen MR) is 81.1 cm³/mol. The Morgan fingerprint density at radius 2 is 1.84 bits per heavy atom. The highest BCUT2D eigenvalue weighted by atomic mass is 35.5. The van der Waals surface area contributed by atoms with Crippen LogP contribution in [0.2, 0.25) is 5.02 Å². The first-order valence-electron chi connectivity index (χ1n) is 7.28. The van der Waals surface area contributed by atoms with E-state index >= 15 is 0 Å². The van der Waals surface area contributed by atoms with Crippen LogP contribution in [0.4, 0.5) is 5.69 Å². The summed E-state index contributed by atoms with van der Waals surface area (Å²) in [5, 5.41) is 4.45. The molecule has 0 spiro atoms. The van der Waals surface area contributed by atoms with Crippen molar-refractivity contribution in [3.8, 4) is 0 Å². The Morgan fingerprint density at radius 1 is 1.11 bits per heavy atom. The summed E-state index contributed by atoms with van der Waals surface area (Å²) in [7, 11) is 0. The Bertz CT molecular complexity index is 412. The largest absolute Gasteiger partial charge is 0.368 e. The number of anilines is 1. The topological polar surface area (TPSA) is 18.5 Å². The lowest BCUT2D eigenvalue weighted by Crippen LogP contribution is -2.48. The number of nitrogens with zero attached hydrogens (tertiary/aromatic N) is 2. The summed E-state index contributed by atoms with van der Waals surface area (Å²) in [6, 6.07) is 8.97. The van der Waals surface area contributed by atoms with Gasteiger partial charge in [0.1, 0.15) is 0 Å². The lowest BCUT2D eigenvalue weighted by atomic mass is 10.2. The van der Waals surface area contributed by atoms with Crippen molar-refractivity contribution in [2.75, 3.05) is 44.2 Å². The molecule has 19 heavy (non-hydrogen) atoms. The summed E-state index contributed by atoms with van der Waals surface area (Å²) < 4.78 is 0. The average Bonchev–Trinajstić information content (AvgIpc) is 3.25. The van der Waals surface area contributed by atoms with Crippen molar-refractivity contribution in [2.24, 2.45) is 0 Å². The van der Waals surface area contributed by atoms with Gasteiger partial charge in [0, 0.05) is 45.3 Å². The molecular weight excluding hydrogens is 258 g/mol. The van der Waals surface area contributed by atoms with E-state index in [2.05, 4.69) is 27.2 Å². The minimum Gasteiger partial charge on any atom is -0.368 e. The standard InChI is InChI=1S/C15H22ClN3/c16-14-3-1-2-4-15(14)19-11-9-18(10-12-19)8-7-17-13-5-6-13/h1-4,13,17H,5-12H2. The molecule has 2 fully saturated rings. The van der Waals surface area contributed by atoms with Gasteiger partial charge in [-0.25, -0.2) is 0 Å². The third kappa shape index (κ3) is 3.62. The highest BCUT2D eigenvalue weighted by Crippen LogP contribution is 2.25. The van der Waals surface area contributed by atoms with Crippen LogP contribution in [-0.4, -0.2) is 50.2 Å². The lowest BCUT2D eigenvalue weighted by Gasteiger charge is -2.36. The van der Waals surface area contributed by atoms with Gasteiger partial charge in [-0.2, -0.15) is 0 Å². The van der Waals surface area contributed by atoms with Crippen molar-refractivity contribution < 1.29 is 0 Å². The fraction of sp³-hybridized carbons (Fsp3) is 0.600. The summed E-state index contributed by atoms with van der Waals surface area (Å²) in [6.45, 7) is 6.74. The summed E-state index contributed by atoms with van der Waals surface area (Å²) in [6.07, 6.45) is 2.75. The van der Waals surface area contributed by atoms with Gasteiger partial charge >= 0.3 is 0 Å². The van der Waals surface area contributed by atoms with Crippen LogP contribution in [-0.2, 0) is 0 Å². The Morgan fingerprint density at radius 3 is 2.53 bits per heavy atom.